The summed E-state index contributed by atoms with van der Waals surface area (Å²) in [5.74, 6) is -0.887. The molecule has 164 valence electrons. The van der Waals surface area contributed by atoms with E-state index in [-0.39, 0.29) is 0 Å². The number of carboxylic acid groups (broad SMARTS) is 1. The van der Waals surface area contributed by atoms with Crippen LogP contribution in [0.25, 0.3) is 6.08 Å². The third kappa shape index (κ3) is 15.0. The largest absolute Gasteiger partial charge is 0.478 e. The smallest absolute Gasteiger partial charge is 0.328 e. The van der Waals surface area contributed by atoms with Crippen molar-refractivity contribution in [2.24, 2.45) is 0 Å². The van der Waals surface area contributed by atoms with E-state index in [1.54, 1.807) is 6.08 Å². The Kier molecular flexibility index (Phi) is 16.2. The molecular formula is C27H44O2. The van der Waals surface area contributed by atoms with Crippen molar-refractivity contribution in [3.8, 4) is 0 Å². The second kappa shape index (κ2) is 18.5. The van der Waals surface area contributed by atoms with Crippen LogP contribution < -0.4 is 0 Å². The second-order valence-corrected chi connectivity index (χ2v) is 8.42. The van der Waals surface area contributed by atoms with Gasteiger partial charge < -0.3 is 5.11 Å². The fourth-order valence-electron chi connectivity index (χ4n) is 3.95. The molecule has 0 aromatic heterocycles. The number of hydrogen-bond acceptors (Lipinski definition) is 1. The minimum Gasteiger partial charge on any atom is -0.478 e. The lowest BCUT2D eigenvalue weighted by atomic mass is 9.99. The molecule has 2 nitrogen and oxygen atoms in total. The maximum Gasteiger partial charge on any atom is 0.328 e. The normalized spacial score (nSPS) is 11.3. The van der Waals surface area contributed by atoms with E-state index in [9.17, 15) is 4.79 Å². The molecular weight excluding hydrogens is 356 g/mol. The number of unbranched alkanes of at least 4 members (excludes halogenated alkanes) is 15. The summed E-state index contributed by atoms with van der Waals surface area (Å²) in [7, 11) is 0. The van der Waals surface area contributed by atoms with Crippen LogP contribution in [0.3, 0.4) is 0 Å². The minimum atomic E-state index is -0.887. The summed E-state index contributed by atoms with van der Waals surface area (Å²) in [6.07, 6.45) is 26.2. The molecule has 0 aliphatic heterocycles. The molecule has 0 fully saturated rings. The van der Waals surface area contributed by atoms with Gasteiger partial charge in [0.25, 0.3) is 0 Å². The van der Waals surface area contributed by atoms with E-state index in [0.29, 0.717) is 0 Å². The van der Waals surface area contributed by atoms with E-state index in [4.69, 9.17) is 5.11 Å². The van der Waals surface area contributed by atoms with Crippen molar-refractivity contribution in [1.29, 1.82) is 0 Å². The van der Waals surface area contributed by atoms with Gasteiger partial charge in [0.05, 0.1) is 0 Å². The Hall–Kier alpha value is -1.57. The van der Waals surface area contributed by atoms with Crippen molar-refractivity contribution < 1.29 is 9.90 Å². The summed E-state index contributed by atoms with van der Waals surface area (Å²) < 4.78 is 0. The predicted octanol–water partition coefficient (Wildman–Crippen LogP) is 8.59. The molecule has 0 heterocycles. The van der Waals surface area contributed by atoms with Gasteiger partial charge in [-0.25, -0.2) is 4.79 Å². The number of carbonyl (C=O) groups is 1. The lowest BCUT2D eigenvalue weighted by molar-refractivity contribution is -0.131. The minimum absolute atomic E-state index is 0.887. The molecule has 0 bridgehead atoms. The topological polar surface area (TPSA) is 37.3 Å². The Labute approximate surface area is 179 Å². The van der Waals surface area contributed by atoms with E-state index < -0.39 is 5.97 Å². The maximum absolute atomic E-state index is 10.7. The average molecular weight is 401 g/mol. The highest BCUT2D eigenvalue weighted by Crippen LogP contribution is 2.17. The zero-order valence-electron chi connectivity index (χ0n) is 18.8. The number of aryl methyl sites for hydroxylation is 1. The molecule has 1 N–H and O–H groups in total. The Morgan fingerprint density at radius 2 is 1.17 bits per heavy atom. The molecule has 0 spiro atoms. The molecule has 0 saturated carbocycles. The summed E-state index contributed by atoms with van der Waals surface area (Å²) in [6, 6.07) is 8.13. The molecule has 0 atom stereocenters. The SMILES string of the molecule is CCCCCCCCCCCCCCCCCCc1ccccc1C=CC(=O)O. The highest BCUT2D eigenvalue weighted by atomic mass is 16.4. The van der Waals surface area contributed by atoms with Gasteiger partial charge in [0.15, 0.2) is 0 Å². The summed E-state index contributed by atoms with van der Waals surface area (Å²) in [5.41, 5.74) is 2.30. The lowest BCUT2D eigenvalue weighted by Crippen LogP contribution is -1.92. The van der Waals surface area contributed by atoms with Crippen LogP contribution in [0.4, 0.5) is 0 Å². The van der Waals surface area contributed by atoms with E-state index in [1.807, 2.05) is 18.2 Å². The number of aliphatic carboxylic acids is 1. The Bertz CT molecular complexity index is 547. The van der Waals surface area contributed by atoms with Crippen molar-refractivity contribution >= 4 is 12.0 Å². The van der Waals surface area contributed by atoms with Crippen LogP contribution in [-0.2, 0) is 11.2 Å². The van der Waals surface area contributed by atoms with Gasteiger partial charge in [-0.05, 0) is 30.0 Å². The number of hydrogen-bond donors (Lipinski definition) is 1. The summed E-state index contributed by atoms with van der Waals surface area (Å²) in [6.45, 7) is 2.28. The lowest BCUT2D eigenvalue weighted by Gasteiger charge is -2.06. The number of rotatable bonds is 19. The Morgan fingerprint density at radius 1 is 0.724 bits per heavy atom. The van der Waals surface area contributed by atoms with Gasteiger partial charge in [-0.3, -0.25) is 0 Å². The number of benzene rings is 1. The zero-order valence-corrected chi connectivity index (χ0v) is 18.8. The monoisotopic (exact) mass is 400 g/mol. The van der Waals surface area contributed by atoms with E-state index in [1.165, 1.54) is 114 Å². The van der Waals surface area contributed by atoms with Crippen LogP contribution in [0.2, 0.25) is 0 Å². The third-order valence-corrected chi connectivity index (χ3v) is 5.76. The molecule has 0 unspecified atom stereocenters. The molecule has 29 heavy (non-hydrogen) atoms. The van der Waals surface area contributed by atoms with Gasteiger partial charge in [0.1, 0.15) is 0 Å². The molecule has 0 radical (unpaired) electrons. The van der Waals surface area contributed by atoms with Gasteiger partial charge >= 0.3 is 5.97 Å². The number of carboxylic acids is 1. The third-order valence-electron chi connectivity index (χ3n) is 5.76. The quantitative estimate of drug-likeness (QED) is 0.186. The van der Waals surface area contributed by atoms with Gasteiger partial charge in [0.2, 0.25) is 0 Å². The van der Waals surface area contributed by atoms with Crippen molar-refractivity contribution in [3.05, 3.63) is 41.5 Å². The van der Waals surface area contributed by atoms with Crippen molar-refractivity contribution in [2.45, 2.75) is 116 Å². The fourth-order valence-corrected chi connectivity index (χ4v) is 3.95. The average Bonchev–Trinajstić information content (AvgIpc) is 2.72. The van der Waals surface area contributed by atoms with Gasteiger partial charge in [-0.1, -0.05) is 128 Å². The molecule has 1 aromatic rings. The first kappa shape index (κ1) is 25.5. The highest BCUT2D eigenvalue weighted by Gasteiger charge is 2.00. The molecule has 0 aliphatic carbocycles. The predicted molar refractivity (Wildman–Crippen MR) is 126 cm³/mol. The highest BCUT2D eigenvalue weighted by molar-refractivity contribution is 5.85. The van der Waals surface area contributed by atoms with Crippen molar-refractivity contribution in [1.82, 2.24) is 0 Å². The molecule has 0 aliphatic rings. The zero-order chi connectivity index (χ0) is 21.0. The maximum atomic E-state index is 10.7. The van der Waals surface area contributed by atoms with Crippen LogP contribution >= 0.6 is 0 Å². The Morgan fingerprint density at radius 3 is 1.66 bits per heavy atom. The molecule has 1 rings (SSSR count). The first-order valence-electron chi connectivity index (χ1n) is 12.2. The first-order chi connectivity index (χ1) is 14.2. The summed E-state index contributed by atoms with van der Waals surface area (Å²) in [4.78, 5) is 10.7. The summed E-state index contributed by atoms with van der Waals surface area (Å²) >= 11 is 0. The van der Waals surface area contributed by atoms with Crippen LogP contribution in [-0.4, -0.2) is 11.1 Å². The molecule has 0 amide bonds. The first-order valence-corrected chi connectivity index (χ1v) is 12.2. The molecule has 1 aromatic carbocycles. The standard InChI is InChI=1S/C27H44O2/c1-2-3-4-5-6-7-8-9-10-11-12-13-14-15-16-17-20-25-21-18-19-22-26(25)23-24-27(28)29/h18-19,21-24H,2-17,20H2,1H3,(H,28,29). The van der Waals surface area contributed by atoms with E-state index in [2.05, 4.69) is 13.0 Å². The van der Waals surface area contributed by atoms with Crippen LogP contribution in [0.1, 0.15) is 121 Å². The molecule has 2 heteroatoms. The Balaban J connectivity index is 1.92. The van der Waals surface area contributed by atoms with E-state index in [0.717, 1.165) is 12.0 Å². The van der Waals surface area contributed by atoms with Crippen molar-refractivity contribution in [2.75, 3.05) is 0 Å². The van der Waals surface area contributed by atoms with E-state index >= 15 is 0 Å². The fraction of sp³-hybridized carbons (Fsp3) is 0.667. The summed E-state index contributed by atoms with van der Waals surface area (Å²) in [5, 5.41) is 8.80. The van der Waals surface area contributed by atoms with Crippen LogP contribution in [0.15, 0.2) is 30.3 Å². The van der Waals surface area contributed by atoms with Gasteiger partial charge in [-0.15, -0.1) is 0 Å². The van der Waals surface area contributed by atoms with Crippen molar-refractivity contribution in [3.63, 3.8) is 0 Å². The van der Waals surface area contributed by atoms with Gasteiger partial charge in [-0.2, -0.15) is 0 Å². The van der Waals surface area contributed by atoms with Crippen LogP contribution in [0, 0.1) is 0 Å². The second-order valence-electron chi connectivity index (χ2n) is 8.42. The van der Waals surface area contributed by atoms with Crippen LogP contribution in [0.5, 0.6) is 0 Å². The molecule has 0 saturated heterocycles. The van der Waals surface area contributed by atoms with Gasteiger partial charge in [0, 0.05) is 6.08 Å².